The molecule has 2 rings (SSSR count). The second-order valence-electron chi connectivity index (χ2n) is 5.92. The molecule has 100 valence electrons. The second kappa shape index (κ2) is 4.90. The molecule has 0 N–H and O–H groups in total. The maximum Gasteiger partial charge on any atom is 0.330 e. The van der Waals surface area contributed by atoms with Crippen LogP contribution < -0.4 is 9.35 Å². The third kappa shape index (κ3) is 3.30. The number of thioether (sulfide) groups is 1. The van der Waals surface area contributed by atoms with E-state index in [-0.39, 0.29) is 5.41 Å². The van der Waals surface area contributed by atoms with Gasteiger partial charge in [0, 0.05) is 22.5 Å². The Kier molecular flexibility index (Phi) is 3.80. The predicted molar refractivity (Wildman–Crippen MR) is 75.2 cm³/mol. The maximum absolute atomic E-state index is 12.3. The van der Waals surface area contributed by atoms with Crippen LogP contribution >= 0.6 is 19.1 Å². The van der Waals surface area contributed by atoms with Crippen LogP contribution in [0.5, 0.6) is 0 Å². The number of pyridine rings is 1. The fourth-order valence-corrected chi connectivity index (χ4v) is 5.14. The minimum absolute atomic E-state index is 0.241. The Bertz CT molecular complexity index is 496. The molecule has 0 aliphatic carbocycles. The zero-order valence-corrected chi connectivity index (χ0v) is 13.2. The SMILES string of the molecule is CCP1(=O)CSc2ccc(CC(C)(C)C)c[n+]2O1. The first kappa shape index (κ1) is 14.0. The van der Waals surface area contributed by atoms with Gasteiger partial charge in [-0.05, 0) is 29.7 Å². The average molecular weight is 286 g/mol. The molecule has 1 unspecified atom stereocenters. The monoisotopic (exact) mass is 286 g/mol. The number of hydrogen-bond donors (Lipinski definition) is 0. The van der Waals surface area contributed by atoms with Crippen molar-refractivity contribution in [2.45, 2.75) is 39.1 Å². The lowest BCUT2D eigenvalue weighted by Gasteiger charge is -2.19. The molecule has 18 heavy (non-hydrogen) atoms. The molecule has 0 aromatic carbocycles. The van der Waals surface area contributed by atoms with E-state index in [1.54, 1.807) is 16.5 Å². The van der Waals surface area contributed by atoms with E-state index in [0.29, 0.717) is 11.7 Å². The van der Waals surface area contributed by atoms with Gasteiger partial charge in [-0.25, -0.2) is 4.62 Å². The maximum atomic E-state index is 12.3. The standard InChI is InChI=1S/C13H21NO2PS/c1-5-17(15)10-18-12-7-6-11(8-13(2,3)4)9-14(12)16-17/h6-7,9H,5,8,10H2,1-4H3/q+1. The third-order valence-corrected chi connectivity index (χ3v) is 6.94. The number of aromatic nitrogens is 1. The highest BCUT2D eigenvalue weighted by atomic mass is 32.2. The molecular weight excluding hydrogens is 265 g/mol. The van der Waals surface area contributed by atoms with Gasteiger partial charge in [0.25, 0.3) is 5.03 Å². The van der Waals surface area contributed by atoms with Gasteiger partial charge in [0.2, 0.25) is 6.20 Å². The highest BCUT2D eigenvalue weighted by molar-refractivity contribution is 8.05. The van der Waals surface area contributed by atoms with Crippen molar-refractivity contribution in [3.8, 4) is 0 Å². The van der Waals surface area contributed by atoms with Crippen molar-refractivity contribution < 1.29 is 13.9 Å². The average Bonchev–Trinajstić information content (AvgIpc) is 2.26. The van der Waals surface area contributed by atoms with E-state index in [4.69, 9.17) is 4.62 Å². The molecule has 0 bridgehead atoms. The quantitative estimate of drug-likeness (QED) is 0.617. The highest BCUT2D eigenvalue weighted by Crippen LogP contribution is 2.48. The summed E-state index contributed by atoms with van der Waals surface area (Å²) in [7, 11) is -2.47. The van der Waals surface area contributed by atoms with Crippen molar-refractivity contribution in [2.24, 2.45) is 5.41 Å². The van der Waals surface area contributed by atoms with Crippen molar-refractivity contribution in [3.63, 3.8) is 0 Å². The van der Waals surface area contributed by atoms with Crippen molar-refractivity contribution >= 4 is 19.1 Å². The summed E-state index contributed by atoms with van der Waals surface area (Å²) in [5.41, 5.74) is 2.05. The van der Waals surface area contributed by atoms with Gasteiger partial charge < -0.3 is 0 Å². The molecule has 1 aliphatic rings. The summed E-state index contributed by atoms with van der Waals surface area (Å²) in [6.07, 6.45) is 3.56. The fourth-order valence-electron chi connectivity index (χ4n) is 1.90. The lowest BCUT2D eigenvalue weighted by Crippen LogP contribution is -2.46. The normalized spacial score (nSPS) is 23.3. The molecule has 1 aromatic heterocycles. The van der Waals surface area contributed by atoms with Gasteiger partial charge in [-0.15, -0.1) is 0 Å². The van der Waals surface area contributed by atoms with Gasteiger partial charge in [0.15, 0.2) is 0 Å². The van der Waals surface area contributed by atoms with E-state index in [0.717, 1.165) is 11.4 Å². The Morgan fingerprint density at radius 2 is 2.17 bits per heavy atom. The molecule has 3 nitrogen and oxygen atoms in total. The summed E-state index contributed by atoms with van der Waals surface area (Å²) in [5, 5.41) is 1.03. The molecule has 2 heterocycles. The van der Waals surface area contributed by atoms with Crippen molar-refractivity contribution in [2.75, 3.05) is 11.7 Å². The van der Waals surface area contributed by atoms with Crippen LogP contribution in [-0.4, -0.2) is 11.7 Å². The van der Waals surface area contributed by atoms with E-state index in [1.165, 1.54) is 5.56 Å². The summed E-state index contributed by atoms with van der Waals surface area (Å²) < 4.78 is 19.7. The number of nitrogens with zero attached hydrogens (tertiary/aromatic N) is 1. The van der Waals surface area contributed by atoms with Gasteiger partial charge in [0.1, 0.15) is 0 Å². The number of fused-ring (bicyclic) bond motifs is 1. The molecule has 1 aliphatic heterocycles. The molecule has 0 radical (unpaired) electrons. The molecule has 5 heteroatoms. The molecule has 0 spiro atoms. The fraction of sp³-hybridized carbons (Fsp3) is 0.615. The van der Waals surface area contributed by atoms with E-state index in [9.17, 15) is 4.57 Å². The molecule has 0 amide bonds. The lowest BCUT2D eigenvalue weighted by molar-refractivity contribution is -0.888. The molecule has 0 fully saturated rings. The first-order chi connectivity index (χ1) is 8.31. The van der Waals surface area contributed by atoms with Crippen molar-refractivity contribution in [3.05, 3.63) is 23.9 Å². The highest BCUT2D eigenvalue weighted by Gasteiger charge is 2.36. The van der Waals surface area contributed by atoms with Crippen LogP contribution in [0.15, 0.2) is 23.4 Å². The Morgan fingerprint density at radius 1 is 1.44 bits per heavy atom. The minimum atomic E-state index is -2.47. The van der Waals surface area contributed by atoms with E-state index in [1.807, 2.05) is 13.1 Å². The minimum Gasteiger partial charge on any atom is -0.271 e. The Morgan fingerprint density at radius 3 is 2.78 bits per heavy atom. The van der Waals surface area contributed by atoms with E-state index >= 15 is 0 Å². The Labute approximate surface area is 113 Å². The van der Waals surface area contributed by atoms with Crippen LogP contribution in [-0.2, 0) is 11.0 Å². The zero-order valence-electron chi connectivity index (χ0n) is 11.5. The summed E-state index contributed by atoms with van der Waals surface area (Å²) in [5.74, 6) is 0. The third-order valence-electron chi connectivity index (χ3n) is 2.80. The lowest BCUT2D eigenvalue weighted by atomic mass is 9.89. The van der Waals surface area contributed by atoms with Gasteiger partial charge in [-0.3, -0.25) is 4.57 Å². The molecule has 0 saturated carbocycles. The summed E-state index contributed by atoms with van der Waals surface area (Å²) in [6.45, 7) is 8.56. The number of hydrogen-bond acceptors (Lipinski definition) is 3. The summed E-state index contributed by atoms with van der Waals surface area (Å²) >= 11 is 1.62. The van der Waals surface area contributed by atoms with Crippen molar-refractivity contribution in [1.29, 1.82) is 0 Å². The molecule has 1 atom stereocenters. The van der Waals surface area contributed by atoms with Gasteiger partial charge >= 0.3 is 7.37 Å². The second-order valence-corrected chi connectivity index (χ2v) is 10.1. The first-order valence-electron chi connectivity index (χ1n) is 6.27. The van der Waals surface area contributed by atoms with Crippen LogP contribution in [0.1, 0.15) is 33.3 Å². The van der Waals surface area contributed by atoms with Gasteiger partial charge in [0.05, 0.1) is 5.49 Å². The van der Waals surface area contributed by atoms with Gasteiger partial charge in [-0.2, -0.15) is 0 Å². The van der Waals surface area contributed by atoms with Crippen LogP contribution in [0.3, 0.4) is 0 Å². The van der Waals surface area contributed by atoms with E-state index < -0.39 is 7.37 Å². The predicted octanol–water partition coefficient (Wildman–Crippen LogP) is 3.35. The topological polar surface area (TPSA) is 30.2 Å². The smallest absolute Gasteiger partial charge is 0.271 e. The summed E-state index contributed by atoms with van der Waals surface area (Å²) in [6, 6.07) is 4.19. The van der Waals surface area contributed by atoms with E-state index in [2.05, 4.69) is 32.9 Å². The van der Waals surface area contributed by atoms with Crippen molar-refractivity contribution in [1.82, 2.24) is 0 Å². The summed E-state index contributed by atoms with van der Waals surface area (Å²) in [4.78, 5) is 0. The van der Waals surface area contributed by atoms with Crippen LogP contribution in [0.2, 0.25) is 0 Å². The Hall–Kier alpha value is -0.470. The van der Waals surface area contributed by atoms with Gasteiger partial charge in [-0.1, -0.05) is 27.7 Å². The molecule has 1 aromatic rings. The van der Waals surface area contributed by atoms with Crippen LogP contribution in [0.4, 0.5) is 0 Å². The zero-order chi connectivity index (χ0) is 13.4. The number of rotatable bonds is 2. The molecule has 0 saturated heterocycles. The Balaban J connectivity index is 2.26. The first-order valence-corrected chi connectivity index (χ1v) is 9.25. The largest absolute Gasteiger partial charge is 0.330 e. The van der Waals surface area contributed by atoms with Crippen LogP contribution in [0.25, 0.3) is 0 Å². The van der Waals surface area contributed by atoms with Crippen LogP contribution in [0, 0.1) is 5.41 Å². The molecular formula is C13H21NO2PS+.